The van der Waals surface area contributed by atoms with Gasteiger partial charge in [-0.3, -0.25) is 4.79 Å². The third kappa shape index (κ3) is 4.63. The summed E-state index contributed by atoms with van der Waals surface area (Å²) >= 11 is 3.58. The van der Waals surface area contributed by atoms with Gasteiger partial charge >= 0.3 is 6.09 Å². The lowest BCUT2D eigenvalue weighted by Gasteiger charge is -2.49. The molecule has 0 aromatic heterocycles. The van der Waals surface area contributed by atoms with Gasteiger partial charge in [-0.25, -0.2) is 4.79 Å². The molecule has 1 spiro atoms. The van der Waals surface area contributed by atoms with Crippen molar-refractivity contribution in [3.05, 3.63) is 100 Å². The highest BCUT2D eigenvalue weighted by Crippen LogP contribution is 2.52. The van der Waals surface area contributed by atoms with Gasteiger partial charge in [-0.1, -0.05) is 104 Å². The van der Waals surface area contributed by atoms with E-state index >= 15 is 0 Å². The third-order valence-electron chi connectivity index (χ3n) is 9.11. The monoisotopic (exact) mass is 604 g/mol. The third-order valence-corrected chi connectivity index (χ3v) is 16.8. The van der Waals surface area contributed by atoms with Crippen molar-refractivity contribution in [1.82, 2.24) is 5.32 Å². The number of halogens is 1. The normalized spacial score (nSPS) is 21.1. The molecule has 204 valence electrons. The largest absolute Gasteiger partial charge is 0.446 e. The zero-order valence-electron chi connectivity index (χ0n) is 23.3. The molecule has 0 saturated carbocycles. The lowest BCUT2D eigenvalue weighted by atomic mass is 9.85. The highest BCUT2D eigenvalue weighted by molar-refractivity contribution is 9.10. The van der Waals surface area contributed by atoms with Gasteiger partial charge in [0, 0.05) is 34.7 Å². The number of anilines is 1. The molecule has 2 heterocycles. The molecule has 5 rings (SSSR count). The van der Waals surface area contributed by atoms with E-state index in [0.29, 0.717) is 17.5 Å². The van der Waals surface area contributed by atoms with Crippen molar-refractivity contribution < 1.29 is 14.3 Å². The first-order chi connectivity index (χ1) is 18.6. The number of rotatable bonds is 7. The molecule has 5 nitrogen and oxygen atoms in total. The SMILES string of the molecule is CC(C)[Si](C[C@@H]1C[C@]2(NC(=O)O1)C(=O)N(C)c1ccc(Br)cc12)(C(C)C)C(c1ccccc1)c1ccccc1. The van der Waals surface area contributed by atoms with Crippen LogP contribution in [0.5, 0.6) is 0 Å². The zero-order valence-corrected chi connectivity index (χ0v) is 25.9. The summed E-state index contributed by atoms with van der Waals surface area (Å²) in [6.07, 6.45) is -0.491. The number of carbonyl (C=O) groups is 2. The minimum atomic E-state index is -2.33. The number of nitrogens with zero attached hydrogens (tertiary/aromatic N) is 1. The Labute approximate surface area is 241 Å². The molecule has 1 N–H and O–H groups in total. The maximum atomic E-state index is 13.8. The van der Waals surface area contributed by atoms with Crippen molar-refractivity contribution >= 4 is 41.7 Å². The molecule has 3 aromatic rings. The Bertz CT molecular complexity index is 1320. The molecule has 0 aliphatic carbocycles. The molecule has 3 aromatic carbocycles. The molecule has 2 atom stereocenters. The van der Waals surface area contributed by atoms with E-state index in [0.717, 1.165) is 21.8 Å². The Morgan fingerprint density at radius 1 is 0.949 bits per heavy atom. The minimum absolute atomic E-state index is 0.110. The van der Waals surface area contributed by atoms with Crippen LogP contribution in [0.1, 0.15) is 56.3 Å². The summed E-state index contributed by atoms with van der Waals surface area (Å²) in [6.45, 7) is 9.35. The van der Waals surface area contributed by atoms with Gasteiger partial charge < -0.3 is 15.0 Å². The number of fused-ring (bicyclic) bond motifs is 2. The molecule has 0 radical (unpaired) electrons. The van der Waals surface area contributed by atoms with Gasteiger partial charge in [-0.05, 0) is 46.5 Å². The van der Waals surface area contributed by atoms with Crippen LogP contribution in [0.15, 0.2) is 83.3 Å². The van der Waals surface area contributed by atoms with Gasteiger partial charge in [0.1, 0.15) is 6.10 Å². The number of alkyl carbamates (subject to hydrolysis) is 1. The second kappa shape index (κ2) is 10.6. The summed E-state index contributed by atoms with van der Waals surface area (Å²) < 4.78 is 6.96. The van der Waals surface area contributed by atoms with Gasteiger partial charge in [-0.2, -0.15) is 0 Å². The standard InChI is InChI=1S/C32H37BrN2O3Si/c1-21(2)39(22(3)4,29(23-12-8-6-9-13-23)24-14-10-7-11-15-24)20-26-19-32(34-31(37)38-26)27-18-25(33)16-17-28(27)35(5)30(32)36/h6-18,21-22,26,29H,19-20H2,1-5H3,(H,34,37)/t26-,32+/m0/s1. The number of carbonyl (C=O) groups excluding carboxylic acids is 2. The van der Waals surface area contributed by atoms with Crippen LogP contribution >= 0.6 is 15.9 Å². The molecule has 2 aliphatic rings. The summed E-state index contributed by atoms with van der Waals surface area (Å²) in [5, 5.41) is 2.96. The van der Waals surface area contributed by atoms with Crippen LogP contribution < -0.4 is 10.2 Å². The molecule has 0 bridgehead atoms. The Morgan fingerprint density at radius 3 is 2.05 bits per heavy atom. The van der Waals surface area contributed by atoms with E-state index in [1.165, 1.54) is 11.1 Å². The maximum absolute atomic E-state index is 13.8. The number of hydrogen-bond donors (Lipinski definition) is 1. The van der Waals surface area contributed by atoms with Crippen molar-refractivity contribution in [2.24, 2.45) is 0 Å². The van der Waals surface area contributed by atoms with Gasteiger partial charge in [0.2, 0.25) is 0 Å². The number of cyclic esters (lactones) is 1. The van der Waals surface area contributed by atoms with Crippen molar-refractivity contribution in [2.45, 2.75) is 68.4 Å². The summed E-state index contributed by atoms with van der Waals surface area (Å²) in [5.41, 5.74) is 4.15. The molecule has 39 heavy (non-hydrogen) atoms. The number of hydrogen-bond acceptors (Lipinski definition) is 3. The van der Waals surface area contributed by atoms with E-state index in [2.05, 4.69) is 110 Å². The van der Waals surface area contributed by atoms with Crippen LogP contribution in [0.25, 0.3) is 0 Å². The summed E-state index contributed by atoms with van der Waals surface area (Å²) in [4.78, 5) is 28.7. The molecule has 0 unspecified atom stereocenters. The molecule has 1 fully saturated rings. The number of benzene rings is 3. The lowest BCUT2D eigenvalue weighted by molar-refractivity contribution is -0.126. The summed E-state index contributed by atoms with van der Waals surface area (Å²) in [5.74, 6) is -0.110. The molecule has 7 heteroatoms. The van der Waals surface area contributed by atoms with Crippen LogP contribution in [0.3, 0.4) is 0 Å². The van der Waals surface area contributed by atoms with Crippen LogP contribution in [0.4, 0.5) is 10.5 Å². The number of nitrogens with one attached hydrogen (secondary N) is 1. The Morgan fingerprint density at radius 2 is 1.51 bits per heavy atom. The fourth-order valence-electron chi connectivity index (χ4n) is 7.30. The lowest BCUT2D eigenvalue weighted by Crippen LogP contribution is -2.60. The summed E-state index contributed by atoms with van der Waals surface area (Å²) in [7, 11) is -0.546. The first kappa shape index (κ1) is 27.7. The fourth-order valence-corrected chi connectivity index (χ4v) is 14.1. The zero-order chi connectivity index (χ0) is 27.9. The molecule has 2 aliphatic heterocycles. The van der Waals surface area contributed by atoms with E-state index in [4.69, 9.17) is 4.74 Å². The molecule has 1 saturated heterocycles. The average Bonchev–Trinajstić information content (AvgIpc) is 3.09. The van der Waals surface area contributed by atoms with Gasteiger partial charge in [0.15, 0.2) is 5.54 Å². The average molecular weight is 606 g/mol. The van der Waals surface area contributed by atoms with Crippen LogP contribution in [0.2, 0.25) is 17.1 Å². The van der Waals surface area contributed by atoms with E-state index in [9.17, 15) is 9.59 Å². The number of ether oxygens (including phenoxy) is 1. The van der Waals surface area contributed by atoms with Crippen LogP contribution in [-0.4, -0.2) is 33.2 Å². The smallest absolute Gasteiger partial charge is 0.408 e. The van der Waals surface area contributed by atoms with Crippen molar-refractivity contribution in [2.75, 3.05) is 11.9 Å². The second-order valence-electron chi connectivity index (χ2n) is 11.7. The summed E-state index contributed by atoms with van der Waals surface area (Å²) in [6, 6.07) is 28.2. The Hall–Kier alpha value is -2.90. The highest BCUT2D eigenvalue weighted by Gasteiger charge is 2.58. The van der Waals surface area contributed by atoms with Crippen molar-refractivity contribution in [3.63, 3.8) is 0 Å². The van der Waals surface area contributed by atoms with E-state index in [-0.39, 0.29) is 17.6 Å². The fraction of sp³-hybridized carbons (Fsp3) is 0.375. The first-order valence-electron chi connectivity index (χ1n) is 13.8. The topological polar surface area (TPSA) is 58.6 Å². The first-order valence-corrected chi connectivity index (χ1v) is 17.0. The van der Waals surface area contributed by atoms with Crippen LogP contribution in [0, 0.1) is 0 Å². The maximum Gasteiger partial charge on any atom is 0.408 e. The highest BCUT2D eigenvalue weighted by atomic mass is 79.9. The van der Waals surface area contributed by atoms with Crippen molar-refractivity contribution in [1.29, 1.82) is 0 Å². The quantitative estimate of drug-likeness (QED) is 0.280. The Balaban J connectivity index is 1.62. The van der Waals surface area contributed by atoms with Gasteiger partial charge in [0.25, 0.3) is 5.91 Å². The minimum Gasteiger partial charge on any atom is -0.446 e. The number of amides is 2. The Kier molecular flexibility index (Phi) is 7.50. The number of likely N-dealkylation sites (N-methyl/N-ethyl adjacent to an activating group) is 1. The predicted molar refractivity (Wildman–Crippen MR) is 163 cm³/mol. The van der Waals surface area contributed by atoms with Gasteiger partial charge in [-0.15, -0.1) is 0 Å². The molecular weight excluding hydrogens is 568 g/mol. The van der Waals surface area contributed by atoms with E-state index in [1.807, 2.05) is 18.2 Å². The molecular formula is C32H37BrN2O3Si. The van der Waals surface area contributed by atoms with E-state index < -0.39 is 19.7 Å². The van der Waals surface area contributed by atoms with Crippen LogP contribution in [-0.2, 0) is 15.1 Å². The van der Waals surface area contributed by atoms with Crippen molar-refractivity contribution in [3.8, 4) is 0 Å². The van der Waals surface area contributed by atoms with Gasteiger partial charge in [0.05, 0.1) is 8.07 Å². The predicted octanol–water partition coefficient (Wildman–Crippen LogP) is 7.76. The van der Waals surface area contributed by atoms with E-state index in [1.54, 1.807) is 11.9 Å². The second-order valence-corrected chi connectivity index (χ2v) is 18.1. The molecule has 2 amide bonds.